The summed E-state index contributed by atoms with van der Waals surface area (Å²) < 4.78 is 44.6. The molecule has 0 aliphatic carbocycles. The zero-order valence-corrected chi connectivity index (χ0v) is 16.0. The Labute approximate surface area is 166 Å². The van der Waals surface area contributed by atoms with Gasteiger partial charge in [0.1, 0.15) is 17.6 Å². The van der Waals surface area contributed by atoms with Crippen molar-refractivity contribution in [2.75, 3.05) is 18.4 Å². The number of halogens is 3. The van der Waals surface area contributed by atoms with Crippen molar-refractivity contribution in [1.29, 1.82) is 5.26 Å². The van der Waals surface area contributed by atoms with Crippen LogP contribution in [0.25, 0.3) is 0 Å². The number of aromatic nitrogens is 1. The van der Waals surface area contributed by atoms with E-state index in [2.05, 4.69) is 15.6 Å². The minimum atomic E-state index is -4.52. The molecule has 1 aromatic carbocycles. The quantitative estimate of drug-likeness (QED) is 0.654. The summed E-state index contributed by atoms with van der Waals surface area (Å²) in [6, 6.07) is 10.7. The van der Waals surface area contributed by atoms with Crippen LogP contribution < -0.4 is 15.4 Å². The minimum Gasteiger partial charge on any atom is -0.479 e. The number of nitrogens with zero attached hydrogens (tertiary/aromatic N) is 2. The Bertz CT molecular complexity index is 879. The molecule has 0 fully saturated rings. The first kappa shape index (κ1) is 22.0. The van der Waals surface area contributed by atoms with Crippen LogP contribution in [-0.4, -0.2) is 30.1 Å². The van der Waals surface area contributed by atoms with Crippen molar-refractivity contribution < 1.29 is 22.7 Å². The third kappa shape index (κ3) is 6.10. The molecule has 9 heteroatoms. The van der Waals surface area contributed by atoms with Gasteiger partial charge in [-0.1, -0.05) is 26.0 Å². The lowest BCUT2D eigenvalue weighted by atomic mass is 10.1. The summed E-state index contributed by atoms with van der Waals surface area (Å²) in [6.07, 6.45) is -4.12. The molecule has 1 atom stereocenters. The molecular formula is C20H21F3N4O2. The summed E-state index contributed by atoms with van der Waals surface area (Å²) in [4.78, 5) is 16.2. The molecule has 0 spiro atoms. The van der Waals surface area contributed by atoms with Gasteiger partial charge in [0.2, 0.25) is 0 Å². The van der Waals surface area contributed by atoms with Crippen molar-refractivity contribution in [1.82, 2.24) is 10.3 Å². The Kier molecular flexibility index (Phi) is 7.42. The number of anilines is 1. The number of para-hydroxylation sites is 1. The second-order valence-electron chi connectivity index (χ2n) is 6.51. The maximum absolute atomic E-state index is 13.0. The number of ether oxygens (including phenoxy) is 1. The maximum Gasteiger partial charge on any atom is 0.419 e. The molecule has 0 aliphatic rings. The number of rotatable bonds is 8. The molecule has 1 aromatic heterocycles. The number of nitriles is 1. The van der Waals surface area contributed by atoms with Gasteiger partial charge in [0.25, 0.3) is 5.91 Å². The number of alkyl halides is 3. The molecule has 6 nitrogen and oxygen atoms in total. The van der Waals surface area contributed by atoms with Gasteiger partial charge in [0, 0.05) is 19.3 Å². The molecule has 0 aliphatic heterocycles. The molecule has 0 saturated carbocycles. The van der Waals surface area contributed by atoms with Crippen LogP contribution >= 0.6 is 0 Å². The molecule has 1 unspecified atom stereocenters. The second kappa shape index (κ2) is 9.78. The highest BCUT2D eigenvalue weighted by Gasteiger charge is 2.34. The van der Waals surface area contributed by atoms with Gasteiger partial charge in [0.05, 0.1) is 11.1 Å². The fourth-order valence-corrected chi connectivity index (χ4v) is 2.53. The Hall–Kier alpha value is -3.28. The molecule has 1 amide bonds. The lowest BCUT2D eigenvalue weighted by Crippen LogP contribution is -2.43. The first-order valence-corrected chi connectivity index (χ1v) is 8.93. The first-order valence-electron chi connectivity index (χ1n) is 8.93. The number of nitrogens with one attached hydrogen (secondary N) is 2. The first-order chi connectivity index (χ1) is 13.7. The summed E-state index contributed by atoms with van der Waals surface area (Å²) in [7, 11) is 0. The van der Waals surface area contributed by atoms with Crippen molar-refractivity contribution in [2.24, 2.45) is 5.92 Å². The van der Waals surface area contributed by atoms with Crippen LogP contribution in [0.4, 0.5) is 19.0 Å². The van der Waals surface area contributed by atoms with E-state index in [0.717, 1.165) is 6.07 Å². The lowest BCUT2D eigenvalue weighted by molar-refractivity contribution is -0.137. The van der Waals surface area contributed by atoms with E-state index in [1.54, 1.807) is 38.1 Å². The number of carbonyl (C=O) groups excluding carboxylic acids is 1. The van der Waals surface area contributed by atoms with Gasteiger partial charge in [-0.3, -0.25) is 4.79 Å². The van der Waals surface area contributed by atoms with E-state index >= 15 is 0 Å². The number of pyridine rings is 1. The number of benzene rings is 1. The van der Waals surface area contributed by atoms with Crippen LogP contribution in [0, 0.1) is 17.2 Å². The van der Waals surface area contributed by atoms with E-state index in [4.69, 9.17) is 10.00 Å². The van der Waals surface area contributed by atoms with Crippen molar-refractivity contribution in [3.05, 3.63) is 53.7 Å². The molecule has 29 heavy (non-hydrogen) atoms. The number of amides is 1. The second-order valence-corrected chi connectivity index (χ2v) is 6.51. The van der Waals surface area contributed by atoms with Crippen molar-refractivity contribution in [3.8, 4) is 11.8 Å². The maximum atomic E-state index is 13.0. The average molecular weight is 406 g/mol. The van der Waals surface area contributed by atoms with Crippen molar-refractivity contribution in [3.63, 3.8) is 0 Å². The Morgan fingerprint density at radius 2 is 1.93 bits per heavy atom. The summed E-state index contributed by atoms with van der Waals surface area (Å²) >= 11 is 0. The highest BCUT2D eigenvalue weighted by atomic mass is 19.4. The van der Waals surface area contributed by atoms with Crippen LogP contribution in [0.3, 0.4) is 0 Å². The van der Waals surface area contributed by atoms with E-state index < -0.39 is 23.8 Å². The summed E-state index contributed by atoms with van der Waals surface area (Å²) in [5.74, 6) is -0.618. The minimum absolute atomic E-state index is 0.0471. The monoisotopic (exact) mass is 406 g/mol. The normalized spacial score (nSPS) is 12.2. The van der Waals surface area contributed by atoms with Crippen LogP contribution in [0.1, 0.15) is 25.0 Å². The SMILES string of the molecule is CC(C)C(Oc1ccccc1C#N)C(=O)NCCNc1ncccc1C(F)(F)F. The van der Waals surface area contributed by atoms with E-state index in [1.165, 1.54) is 12.3 Å². The van der Waals surface area contributed by atoms with Crippen LogP contribution in [0.5, 0.6) is 5.75 Å². The molecule has 0 bridgehead atoms. The Balaban J connectivity index is 1.94. The molecule has 1 heterocycles. The molecule has 154 valence electrons. The Morgan fingerprint density at radius 1 is 1.21 bits per heavy atom. The number of carbonyl (C=O) groups is 1. The number of hydrogen-bond donors (Lipinski definition) is 2. The molecule has 2 rings (SSSR count). The fraction of sp³-hybridized carbons (Fsp3) is 0.350. The highest BCUT2D eigenvalue weighted by Crippen LogP contribution is 2.33. The van der Waals surface area contributed by atoms with Gasteiger partial charge in [-0.05, 0) is 30.2 Å². The van der Waals surface area contributed by atoms with Gasteiger partial charge in [-0.15, -0.1) is 0 Å². The predicted molar refractivity (Wildman–Crippen MR) is 101 cm³/mol. The molecular weight excluding hydrogens is 385 g/mol. The highest BCUT2D eigenvalue weighted by molar-refractivity contribution is 5.81. The fourth-order valence-electron chi connectivity index (χ4n) is 2.53. The van der Waals surface area contributed by atoms with Gasteiger partial charge >= 0.3 is 6.18 Å². The van der Waals surface area contributed by atoms with Gasteiger partial charge in [0.15, 0.2) is 6.10 Å². The third-order valence-electron chi connectivity index (χ3n) is 3.96. The number of hydrogen-bond acceptors (Lipinski definition) is 5. The summed E-state index contributed by atoms with van der Waals surface area (Å²) in [5, 5.41) is 14.4. The summed E-state index contributed by atoms with van der Waals surface area (Å²) in [6.45, 7) is 3.70. The zero-order chi connectivity index (χ0) is 21.4. The molecule has 0 saturated heterocycles. The average Bonchev–Trinajstić information content (AvgIpc) is 2.68. The predicted octanol–water partition coefficient (Wildman–Crippen LogP) is 3.60. The van der Waals surface area contributed by atoms with E-state index in [-0.39, 0.29) is 24.8 Å². The largest absolute Gasteiger partial charge is 0.479 e. The Morgan fingerprint density at radius 3 is 2.59 bits per heavy atom. The zero-order valence-electron chi connectivity index (χ0n) is 16.0. The van der Waals surface area contributed by atoms with Gasteiger partial charge in [-0.2, -0.15) is 18.4 Å². The lowest BCUT2D eigenvalue weighted by Gasteiger charge is -2.22. The van der Waals surface area contributed by atoms with Crippen LogP contribution in [0.2, 0.25) is 0 Å². The van der Waals surface area contributed by atoms with Crippen LogP contribution in [-0.2, 0) is 11.0 Å². The molecule has 2 N–H and O–H groups in total. The van der Waals surface area contributed by atoms with E-state index in [1.807, 2.05) is 6.07 Å². The van der Waals surface area contributed by atoms with Crippen molar-refractivity contribution in [2.45, 2.75) is 26.1 Å². The van der Waals surface area contributed by atoms with Crippen LogP contribution in [0.15, 0.2) is 42.6 Å². The standard InChI is InChI=1S/C20H21F3N4O2/c1-13(2)17(29-16-8-4-3-6-14(16)12-24)19(28)27-11-10-26-18-15(20(21,22)23)7-5-9-25-18/h3-9,13,17H,10-11H2,1-2H3,(H,25,26)(H,27,28). The van der Waals surface area contributed by atoms with Gasteiger partial charge in [-0.25, -0.2) is 4.98 Å². The summed E-state index contributed by atoms with van der Waals surface area (Å²) in [5.41, 5.74) is -0.565. The smallest absolute Gasteiger partial charge is 0.419 e. The topological polar surface area (TPSA) is 87.0 Å². The molecule has 0 radical (unpaired) electrons. The third-order valence-corrected chi connectivity index (χ3v) is 3.96. The van der Waals surface area contributed by atoms with Crippen molar-refractivity contribution >= 4 is 11.7 Å². The molecule has 2 aromatic rings. The van der Waals surface area contributed by atoms with Gasteiger partial charge < -0.3 is 15.4 Å². The van der Waals surface area contributed by atoms with E-state index in [0.29, 0.717) is 11.3 Å². The van der Waals surface area contributed by atoms with E-state index in [9.17, 15) is 18.0 Å².